The van der Waals surface area contributed by atoms with Crippen LogP contribution in [0.15, 0.2) is 95.8 Å². The van der Waals surface area contributed by atoms with E-state index in [1.165, 1.54) is 4.57 Å². The van der Waals surface area contributed by atoms with Gasteiger partial charge in [-0.25, -0.2) is 4.98 Å². The molecule has 4 aromatic rings. The van der Waals surface area contributed by atoms with Crippen LogP contribution >= 0.6 is 0 Å². The largest absolute Gasteiger partial charge is 0.342 e. The third-order valence-electron chi connectivity index (χ3n) is 7.39. The van der Waals surface area contributed by atoms with Crippen LogP contribution in [0.3, 0.4) is 0 Å². The monoisotopic (exact) mass is 549 g/mol. The Kier molecular flexibility index (Phi) is 9.01. The first-order valence-electron chi connectivity index (χ1n) is 14.0. The summed E-state index contributed by atoms with van der Waals surface area (Å²) >= 11 is 0. The Morgan fingerprint density at radius 3 is 2.29 bits per heavy atom. The predicted octanol–water partition coefficient (Wildman–Crippen LogP) is 3.29. The molecular formula is C33H35N5O3. The third kappa shape index (κ3) is 7.15. The first kappa shape index (κ1) is 28.0. The fourth-order valence-corrected chi connectivity index (χ4v) is 5.18. The molecule has 1 saturated heterocycles. The van der Waals surface area contributed by atoms with E-state index in [0.29, 0.717) is 36.2 Å². The zero-order valence-corrected chi connectivity index (χ0v) is 23.3. The molecule has 41 heavy (non-hydrogen) atoms. The van der Waals surface area contributed by atoms with Crippen molar-refractivity contribution >= 4 is 28.9 Å². The maximum absolute atomic E-state index is 13.7. The van der Waals surface area contributed by atoms with Gasteiger partial charge in [-0.2, -0.15) is 0 Å². The summed E-state index contributed by atoms with van der Waals surface area (Å²) in [5.41, 5.74) is 3.36. The highest BCUT2D eigenvalue weighted by atomic mass is 16.2. The summed E-state index contributed by atoms with van der Waals surface area (Å²) in [6.45, 7) is 4.96. The molecule has 0 spiro atoms. The maximum atomic E-state index is 13.7. The van der Waals surface area contributed by atoms with Crippen LogP contribution in [-0.4, -0.2) is 69.9 Å². The molecule has 210 valence electrons. The van der Waals surface area contributed by atoms with Gasteiger partial charge in [-0.3, -0.25) is 23.9 Å². The van der Waals surface area contributed by atoms with Crippen molar-refractivity contribution in [3.63, 3.8) is 0 Å². The van der Waals surface area contributed by atoms with E-state index in [2.05, 4.69) is 39.5 Å². The van der Waals surface area contributed by atoms with Crippen LogP contribution in [0, 0.1) is 6.92 Å². The highest BCUT2D eigenvalue weighted by Crippen LogP contribution is 2.12. The van der Waals surface area contributed by atoms with E-state index in [4.69, 9.17) is 0 Å². The van der Waals surface area contributed by atoms with E-state index in [1.54, 1.807) is 13.0 Å². The Bertz CT molecular complexity index is 1580. The van der Waals surface area contributed by atoms with Crippen LogP contribution in [0.25, 0.3) is 17.1 Å². The van der Waals surface area contributed by atoms with Crippen molar-refractivity contribution in [1.82, 2.24) is 24.7 Å². The molecule has 1 fully saturated rings. The molecule has 3 aromatic carbocycles. The van der Waals surface area contributed by atoms with Crippen LogP contribution in [0.4, 0.5) is 0 Å². The van der Waals surface area contributed by atoms with Crippen molar-refractivity contribution in [3.8, 4) is 0 Å². The van der Waals surface area contributed by atoms with Gasteiger partial charge in [0.05, 0.1) is 11.0 Å². The fourth-order valence-electron chi connectivity index (χ4n) is 5.18. The van der Waals surface area contributed by atoms with Gasteiger partial charge in [-0.05, 0) is 30.2 Å². The van der Waals surface area contributed by atoms with E-state index in [9.17, 15) is 14.4 Å². The summed E-state index contributed by atoms with van der Waals surface area (Å²) in [4.78, 5) is 48.5. The van der Waals surface area contributed by atoms with Gasteiger partial charge in [0.25, 0.3) is 5.56 Å². The van der Waals surface area contributed by atoms with Gasteiger partial charge in [0.2, 0.25) is 11.8 Å². The smallest absolute Gasteiger partial charge is 0.272 e. The highest BCUT2D eigenvalue weighted by Gasteiger charge is 2.29. The lowest BCUT2D eigenvalue weighted by Crippen LogP contribution is -2.56. The Hall–Kier alpha value is -4.56. The number of para-hydroxylation sites is 2. The molecule has 0 bridgehead atoms. The van der Waals surface area contributed by atoms with Crippen molar-refractivity contribution in [2.24, 2.45) is 0 Å². The lowest BCUT2D eigenvalue weighted by Gasteiger charge is -2.36. The molecule has 1 aliphatic rings. The van der Waals surface area contributed by atoms with E-state index < -0.39 is 6.04 Å². The molecule has 2 heterocycles. The SMILES string of the molecule is Cc1nc2ccccc2n(CC(=O)N[C@@H](Cc2ccccc2)C(=O)N2CCN(C/C=C/c3ccccc3)CC2)c1=O. The summed E-state index contributed by atoms with van der Waals surface area (Å²) in [5.74, 6) is -0.494. The molecule has 1 N–H and O–H groups in total. The molecule has 2 amide bonds. The Balaban J connectivity index is 1.26. The first-order chi connectivity index (χ1) is 20.0. The number of hydrogen-bond acceptors (Lipinski definition) is 5. The predicted molar refractivity (Wildman–Crippen MR) is 161 cm³/mol. The van der Waals surface area contributed by atoms with E-state index in [0.717, 1.165) is 30.8 Å². The zero-order valence-electron chi connectivity index (χ0n) is 23.3. The summed E-state index contributed by atoms with van der Waals surface area (Å²) in [6, 6.07) is 26.4. The van der Waals surface area contributed by atoms with Gasteiger partial charge in [0.15, 0.2) is 0 Å². The van der Waals surface area contributed by atoms with Gasteiger partial charge < -0.3 is 10.2 Å². The van der Waals surface area contributed by atoms with E-state index >= 15 is 0 Å². The zero-order chi connectivity index (χ0) is 28.6. The van der Waals surface area contributed by atoms with Crippen molar-refractivity contribution in [1.29, 1.82) is 0 Å². The minimum absolute atomic E-state index is 0.107. The van der Waals surface area contributed by atoms with E-state index in [1.807, 2.05) is 71.6 Å². The molecular weight excluding hydrogens is 514 g/mol. The lowest BCUT2D eigenvalue weighted by molar-refractivity contribution is -0.138. The quantitative estimate of drug-likeness (QED) is 0.346. The molecule has 0 unspecified atom stereocenters. The summed E-state index contributed by atoms with van der Waals surface area (Å²) in [6.07, 6.45) is 4.63. The average Bonchev–Trinajstić information content (AvgIpc) is 3.00. The number of aromatic nitrogens is 2. The standard InChI is InChI=1S/C33H35N5O3/c1-25-32(40)38(30-17-9-8-16-28(30)34-25)24-31(39)35-29(23-27-13-6-3-7-14-27)33(41)37-21-19-36(20-22-37)18-10-15-26-11-4-2-5-12-26/h2-17,29H,18-24H2,1H3,(H,35,39)/b15-10+/t29-/m0/s1. The first-order valence-corrected chi connectivity index (χ1v) is 14.0. The number of aryl methyl sites for hydroxylation is 1. The number of carbonyl (C=O) groups is 2. The fraction of sp³-hybridized carbons (Fsp3) is 0.273. The molecule has 0 saturated carbocycles. The number of fused-ring (bicyclic) bond motifs is 1. The second-order valence-electron chi connectivity index (χ2n) is 10.3. The minimum atomic E-state index is -0.737. The number of amides is 2. The van der Waals surface area contributed by atoms with Gasteiger partial charge in [-0.1, -0.05) is 84.9 Å². The number of rotatable bonds is 9. The average molecular weight is 550 g/mol. The van der Waals surface area contributed by atoms with Crippen LogP contribution in [-0.2, 0) is 22.6 Å². The van der Waals surface area contributed by atoms with E-state index in [-0.39, 0.29) is 23.9 Å². The molecule has 1 atom stereocenters. The van der Waals surface area contributed by atoms with Crippen LogP contribution in [0.1, 0.15) is 16.8 Å². The highest BCUT2D eigenvalue weighted by molar-refractivity contribution is 5.88. The number of nitrogens with zero attached hydrogens (tertiary/aromatic N) is 4. The van der Waals surface area contributed by atoms with Crippen LogP contribution in [0.2, 0.25) is 0 Å². The van der Waals surface area contributed by atoms with Gasteiger partial charge >= 0.3 is 0 Å². The summed E-state index contributed by atoms with van der Waals surface area (Å²) in [7, 11) is 0. The molecule has 1 aliphatic heterocycles. The molecule has 0 radical (unpaired) electrons. The van der Waals surface area contributed by atoms with Crippen molar-refractivity contribution < 1.29 is 9.59 Å². The molecule has 1 aromatic heterocycles. The second-order valence-corrected chi connectivity index (χ2v) is 10.3. The number of nitrogens with one attached hydrogen (secondary N) is 1. The normalized spacial score (nSPS) is 14.8. The van der Waals surface area contributed by atoms with Crippen molar-refractivity contribution in [2.45, 2.75) is 25.9 Å². The topological polar surface area (TPSA) is 87.5 Å². The van der Waals surface area contributed by atoms with Gasteiger partial charge in [0.1, 0.15) is 18.3 Å². The molecule has 0 aliphatic carbocycles. The maximum Gasteiger partial charge on any atom is 0.272 e. The third-order valence-corrected chi connectivity index (χ3v) is 7.39. The van der Waals surface area contributed by atoms with Crippen LogP contribution < -0.4 is 10.9 Å². The van der Waals surface area contributed by atoms with Gasteiger partial charge in [-0.15, -0.1) is 0 Å². The molecule has 5 rings (SSSR count). The van der Waals surface area contributed by atoms with Crippen molar-refractivity contribution in [2.75, 3.05) is 32.7 Å². The van der Waals surface area contributed by atoms with Crippen molar-refractivity contribution in [3.05, 3.63) is 118 Å². The molecule has 8 nitrogen and oxygen atoms in total. The second kappa shape index (κ2) is 13.2. The summed E-state index contributed by atoms with van der Waals surface area (Å²) < 4.78 is 1.43. The number of hydrogen-bond donors (Lipinski definition) is 1. The lowest BCUT2D eigenvalue weighted by atomic mass is 10.0. The van der Waals surface area contributed by atoms with Gasteiger partial charge in [0, 0.05) is 39.1 Å². The van der Waals surface area contributed by atoms with Crippen LogP contribution in [0.5, 0.6) is 0 Å². The minimum Gasteiger partial charge on any atom is -0.342 e. The number of piperazine rings is 1. The summed E-state index contributed by atoms with van der Waals surface area (Å²) in [5, 5.41) is 2.95. The Labute approximate surface area is 239 Å². The Morgan fingerprint density at radius 1 is 0.902 bits per heavy atom. The number of benzene rings is 3. The number of carbonyl (C=O) groups excluding carboxylic acids is 2. The Morgan fingerprint density at radius 2 is 1.56 bits per heavy atom. The molecule has 8 heteroatoms.